The summed E-state index contributed by atoms with van der Waals surface area (Å²) in [4.78, 5) is 23.6. The molecule has 1 saturated heterocycles. The van der Waals surface area contributed by atoms with Crippen molar-refractivity contribution in [2.75, 3.05) is 19.8 Å². The Bertz CT molecular complexity index is 268. The first kappa shape index (κ1) is 12.9. The first-order chi connectivity index (χ1) is 7.54. The van der Waals surface area contributed by atoms with Crippen molar-refractivity contribution in [1.82, 2.24) is 4.90 Å². The van der Waals surface area contributed by atoms with Gasteiger partial charge in [-0.2, -0.15) is 0 Å². The molecule has 0 aliphatic carbocycles. The highest BCUT2D eigenvalue weighted by atomic mass is 16.5. The minimum Gasteiger partial charge on any atom is -0.481 e. The van der Waals surface area contributed by atoms with Crippen molar-refractivity contribution >= 4 is 11.9 Å². The molecule has 0 aromatic rings. The molecule has 1 amide bonds. The number of aliphatic carboxylic acids is 1. The number of ether oxygens (including phenoxy) is 1. The van der Waals surface area contributed by atoms with Gasteiger partial charge in [0.2, 0.25) is 5.91 Å². The fourth-order valence-electron chi connectivity index (χ4n) is 1.63. The summed E-state index contributed by atoms with van der Waals surface area (Å²) in [5.41, 5.74) is 0. The molecule has 0 aromatic heterocycles. The molecule has 2 atom stereocenters. The average molecular weight is 231 g/mol. The topological polar surface area (TPSA) is 87.1 Å². The molecule has 6 nitrogen and oxygen atoms in total. The molecule has 2 unspecified atom stereocenters. The van der Waals surface area contributed by atoms with Crippen LogP contribution in [-0.2, 0) is 14.3 Å². The minimum atomic E-state index is -0.979. The zero-order chi connectivity index (χ0) is 12.1. The van der Waals surface area contributed by atoms with Crippen LogP contribution in [0.5, 0.6) is 0 Å². The first-order valence-electron chi connectivity index (χ1n) is 5.28. The molecule has 0 bridgehead atoms. The Kier molecular flexibility index (Phi) is 4.70. The number of morpholine rings is 1. The predicted molar refractivity (Wildman–Crippen MR) is 54.9 cm³/mol. The lowest BCUT2D eigenvalue weighted by Gasteiger charge is -2.37. The highest BCUT2D eigenvalue weighted by Crippen LogP contribution is 2.13. The second-order valence-electron chi connectivity index (χ2n) is 3.93. The van der Waals surface area contributed by atoms with E-state index in [0.717, 1.165) is 0 Å². The second-order valence-corrected chi connectivity index (χ2v) is 3.93. The Morgan fingerprint density at radius 1 is 1.44 bits per heavy atom. The zero-order valence-corrected chi connectivity index (χ0v) is 9.26. The van der Waals surface area contributed by atoms with Crippen LogP contribution in [0.3, 0.4) is 0 Å². The number of carbonyl (C=O) groups is 2. The molecule has 1 rings (SSSR count). The highest BCUT2D eigenvalue weighted by molar-refractivity contribution is 5.81. The monoisotopic (exact) mass is 231 g/mol. The lowest BCUT2D eigenvalue weighted by atomic mass is 10.1. The molecule has 1 aliphatic heterocycles. The fourth-order valence-corrected chi connectivity index (χ4v) is 1.63. The van der Waals surface area contributed by atoms with Crippen LogP contribution >= 0.6 is 0 Å². The van der Waals surface area contributed by atoms with Crippen LogP contribution in [0.1, 0.15) is 19.8 Å². The van der Waals surface area contributed by atoms with Gasteiger partial charge >= 0.3 is 5.97 Å². The third-order valence-corrected chi connectivity index (χ3v) is 2.58. The Morgan fingerprint density at radius 2 is 2.12 bits per heavy atom. The van der Waals surface area contributed by atoms with Crippen LogP contribution in [0.4, 0.5) is 0 Å². The third-order valence-electron chi connectivity index (χ3n) is 2.58. The van der Waals surface area contributed by atoms with Crippen molar-refractivity contribution < 1.29 is 24.5 Å². The van der Waals surface area contributed by atoms with Gasteiger partial charge in [0.05, 0.1) is 31.8 Å². The molecular weight excluding hydrogens is 214 g/mol. The number of aliphatic hydroxyl groups is 1. The lowest BCUT2D eigenvalue weighted by molar-refractivity contribution is -0.149. The quantitative estimate of drug-likeness (QED) is 0.678. The molecule has 6 heteroatoms. The molecule has 0 saturated carbocycles. The van der Waals surface area contributed by atoms with Gasteiger partial charge in [-0.25, -0.2) is 0 Å². The first-order valence-corrected chi connectivity index (χ1v) is 5.28. The van der Waals surface area contributed by atoms with Gasteiger partial charge in [0.25, 0.3) is 0 Å². The number of carbonyl (C=O) groups excluding carboxylic acids is 1. The summed E-state index contributed by atoms with van der Waals surface area (Å²) in [6.45, 7) is 2.42. The minimum absolute atomic E-state index is 0.00216. The van der Waals surface area contributed by atoms with E-state index in [9.17, 15) is 9.59 Å². The van der Waals surface area contributed by atoms with Crippen LogP contribution in [0.25, 0.3) is 0 Å². The largest absolute Gasteiger partial charge is 0.481 e. The van der Waals surface area contributed by atoms with Gasteiger partial charge in [-0.05, 0) is 6.92 Å². The predicted octanol–water partition coefficient (Wildman–Crippen LogP) is -0.541. The second kappa shape index (κ2) is 5.81. The van der Waals surface area contributed by atoms with Crippen molar-refractivity contribution in [3.63, 3.8) is 0 Å². The maximum absolute atomic E-state index is 11.7. The standard InChI is InChI=1S/C10H17NO5/c1-7-6-16-8(5-12)4-11(7)9(13)2-3-10(14)15/h7-8,12H,2-6H2,1H3,(H,14,15). The summed E-state index contributed by atoms with van der Waals surface area (Å²) in [7, 11) is 0. The van der Waals surface area contributed by atoms with Crippen LogP contribution in [-0.4, -0.2) is 58.9 Å². The fraction of sp³-hybridized carbons (Fsp3) is 0.800. The number of carboxylic acid groups (broad SMARTS) is 1. The number of rotatable bonds is 4. The van der Waals surface area contributed by atoms with E-state index < -0.39 is 5.97 Å². The van der Waals surface area contributed by atoms with E-state index in [0.29, 0.717) is 13.2 Å². The Balaban J connectivity index is 2.48. The normalized spacial score (nSPS) is 25.5. The molecule has 1 heterocycles. The maximum Gasteiger partial charge on any atom is 0.303 e. The van der Waals surface area contributed by atoms with Gasteiger partial charge in [0.15, 0.2) is 0 Å². The Hall–Kier alpha value is -1.14. The van der Waals surface area contributed by atoms with E-state index in [2.05, 4.69) is 0 Å². The van der Waals surface area contributed by atoms with Gasteiger partial charge < -0.3 is 19.8 Å². The number of aliphatic hydroxyl groups excluding tert-OH is 1. The van der Waals surface area contributed by atoms with E-state index in [1.807, 2.05) is 6.92 Å². The SMILES string of the molecule is CC1COC(CO)CN1C(=O)CCC(=O)O. The van der Waals surface area contributed by atoms with E-state index >= 15 is 0 Å². The summed E-state index contributed by atoms with van der Waals surface area (Å²) < 4.78 is 5.29. The van der Waals surface area contributed by atoms with Gasteiger partial charge in [-0.3, -0.25) is 9.59 Å². The highest BCUT2D eigenvalue weighted by Gasteiger charge is 2.29. The lowest BCUT2D eigenvalue weighted by Crippen LogP contribution is -2.52. The molecule has 16 heavy (non-hydrogen) atoms. The van der Waals surface area contributed by atoms with Crippen molar-refractivity contribution in [2.24, 2.45) is 0 Å². The average Bonchev–Trinajstić information content (AvgIpc) is 2.26. The number of nitrogens with zero attached hydrogens (tertiary/aromatic N) is 1. The van der Waals surface area contributed by atoms with Crippen LogP contribution < -0.4 is 0 Å². The summed E-state index contributed by atoms with van der Waals surface area (Å²) in [6.07, 6.45) is -0.519. The molecule has 1 aliphatic rings. The molecule has 0 aromatic carbocycles. The smallest absolute Gasteiger partial charge is 0.303 e. The van der Waals surface area contributed by atoms with Crippen LogP contribution in [0, 0.1) is 0 Å². The summed E-state index contributed by atoms with van der Waals surface area (Å²) in [6, 6.07) is -0.0657. The number of carboxylic acids is 1. The van der Waals surface area contributed by atoms with Gasteiger partial charge in [-0.1, -0.05) is 0 Å². The van der Waals surface area contributed by atoms with Crippen LogP contribution in [0.15, 0.2) is 0 Å². The van der Waals surface area contributed by atoms with Gasteiger partial charge in [-0.15, -0.1) is 0 Å². The Morgan fingerprint density at radius 3 is 2.69 bits per heavy atom. The zero-order valence-electron chi connectivity index (χ0n) is 9.26. The van der Waals surface area contributed by atoms with Crippen molar-refractivity contribution in [2.45, 2.75) is 31.9 Å². The van der Waals surface area contributed by atoms with Crippen molar-refractivity contribution in [1.29, 1.82) is 0 Å². The number of hydrogen-bond donors (Lipinski definition) is 2. The summed E-state index contributed by atoms with van der Waals surface area (Å²) >= 11 is 0. The van der Waals surface area contributed by atoms with E-state index in [1.54, 1.807) is 4.90 Å². The third kappa shape index (κ3) is 3.46. The summed E-state index contributed by atoms with van der Waals surface area (Å²) in [5, 5.41) is 17.4. The Labute approximate surface area is 93.8 Å². The van der Waals surface area contributed by atoms with Crippen molar-refractivity contribution in [3.8, 4) is 0 Å². The van der Waals surface area contributed by atoms with E-state index in [1.165, 1.54) is 0 Å². The molecule has 92 valence electrons. The molecule has 2 N–H and O–H groups in total. The maximum atomic E-state index is 11.7. The van der Waals surface area contributed by atoms with Gasteiger partial charge in [0.1, 0.15) is 0 Å². The van der Waals surface area contributed by atoms with Gasteiger partial charge in [0, 0.05) is 13.0 Å². The van der Waals surface area contributed by atoms with E-state index in [4.69, 9.17) is 14.9 Å². The number of hydrogen-bond acceptors (Lipinski definition) is 4. The molecular formula is C10H17NO5. The molecule has 1 fully saturated rings. The van der Waals surface area contributed by atoms with Crippen molar-refractivity contribution in [3.05, 3.63) is 0 Å². The molecule has 0 radical (unpaired) electrons. The number of amides is 1. The summed E-state index contributed by atoms with van der Waals surface area (Å²) in [5.74, 6) is -1.18. The molecule has 0 spiro atoms. The van der Waals surface area contributed by atoms with Crippen LogP contribution in [0.2, 0.25) is 0 Å². The van der Waals surface area contributed by atoms with E-state index in [-0.39, 0.29) is 37.5 Å².